The van der Waals surface area contributed by atoms with E-state index in [9.17, 15) is 28.0 Å². The molecule has 0 saturated carbocycles. The molecule has 2 N–H and O–H groups in total. The molecular formula is C32H24F2N4O7. The van der Waals surface area contributed by atoms with E-state index in [1.807, 2.05) is 0 Å². The van der Waals surface area contributed by atoms with E-state index in [0.29, 0.717) is 28.3 Å². The number of fused-ring (bicyclic) bond motifs is 1. The van der Waals surface area contributed by atoms with Gasteiger partial charge < -0.3 is 19.1 Å². The minimum absolute atomic E-state index is 0.103. The molecule has 4 amide bonds. The standard InChI is InChI=1S/C32H24F2N4O7/c33-24-10-9-22(14-25(24)34)44-21-7-5-20(6-8-21)36-32(42)43-17-19-4-3-18-16-38(26-11-12-27(39)37-30(26)40)31(41)28(18)29(19)45-23-2-1-13-35-15-23/h1-10,13-15,26H,11-12,16-17H2,(H,36,42)(H,37,39,40). The number of nitrogens with zero attached hydrogens (tertiary/aromatic N) is 2. The molecule has 1 atom stereocenters. The van der Waals surface area contributed by atoms with Crippen LogP contribution in [0.5, 0.6) is 23.0 Å². The van der Waals surface area contributed by atoms with E-state index >= 15 is 0 Å². The molecule has 2 aliphatic heterocycles. The average molecular weight is 615 g/mol. The van der Waals surface area contributed by atoms with Gasteiger partial charge >= 0.3 is 6.09 Å². The van der Waals surface area contributed by atoms with Gasteiger partial charge in [0.05, 0.1) is 11.8 Å². The fourth-order valence-electron chi connectivity index (χ4n) is 5.00. The number of rotatable bonds is 8. The average Bonchev–Trinajstić information content (AvgIpc) is 3.36. The predicted octanol–water partition coefficient (Wildman–Crippen LogP) is 5.45. The third kappa shape index (κ3) is 6.42. The number of nitrogens with one attached hydrogen (secondary N) is 2. The van der Waals surface area contributed by atoms with Crippen LogP contribution in [0, 0.1) is 11.6 Å². The van der Waals surface area contributed by atoms with Crippen molar-refractivity contribution in [3.63, 3.8) is 0 Å². The maximum atomic E-state index is 13.6. The van der Waals surface area contributed by atoms with Crippen molar-refractivity contribution in [1.29, 1.82) is 0 Å². The van der Waals surface area contributed by atoms with E-state index in [2.05, 4.69) is 15.6 Å². The Hall–Kier alpha value is -5.85. The molecule has 1 unspecified atom stereocenters. The highest BCUT2D eigenvalue weighted by Crippen LogP contribution is 2.38. The number of amides is 4. The Morgan fingerprint density at radius 2 is 1.76 bits per heavy atom. The number of hydrogen-bond donors (Lipinski definition) is 2. The summed E-state index contributed by atoms with van der Waals surface area (Å²) in [6, 6.07) is 15.2. The molecule has 0 spiro atoms. The van der Waals surface area contributed by atoms with Gasteiger partial charge in [-0.3, -0.25) is 30.0 Å². The molecule has 13 heteroatoms. The first kappa shape index (κ1) is 29.2. The third-order valence-electron chi connectivity index (χ3n) is 7.17. The molecule has 3 aromatic carbocycles. The van der Waals surface area contributed by atoms with Gasteiger partial charge in [-0.1, -0.05) is 12.1 Å². The number of ether oxygens (including phenoxy) is 3. The molecule has 1 aromatic heterocycles. The van der Waals surface area contributed by atoms with Crippen LogP contribution in [-0.2, 0) is 27.5 Å². The minimum atomic E-state index is -1.04. The summed E-state index contributed by atoms with van der Waals surface area (Å²) in [6.45, 7) is -0.126. The van der Waals surface area contributed by atoms with Gasteiger partial charge in [-0.15, -0.1) is 0 Å². The highest BCUT2D eigenvalue weighted by Gasteiger charge is 2.41. The number of carbonyl (C=O) groups is 4. The Bertz CT molecular complexity index is 1800. The van der Waals surface area contributed by atoms with E-state index in [1.54, 1.807) is 30.5 Å². The maximum absolute atomic E-state index is 13.6. The second kappa shape index (κ2) is 12.4. The van der Waals surface area contributed by atoms with E-state index in [1.165, 1.54) is 41.4 Å². The van der Waals surface area contributed by atoms with Gasteiger partial charge in [-0.05, 0) is 60.5 Å². The zero-order valence-electron chi connectivity index (χ0n) is 23.4. The van der Waals surface area contributed by atoms with Crippen LogP contribution in [0.1, 0.15) is 34.3 Å². The highest BCUT2D eigenvalue weighted by atomic mass is 19.2. The molecule has 4 aromatic rings. The largest absolute Gasteiger partial charge is 0.457 e. The molecule has 3 heterocycles. The van der Waals surface area contributed by atoms with Crippen molar-refractivity contribution in [2.75, 3.05) is 5.32 Å². The van der Waals surface area contributed by atoms with Crippen LogP contribution in [0.2, 0.25) is 0 Å². The van der Waals surface area contributed by atoms with Crippen molar-refractivity contribution < 1.29 is 42.2 Å². The van der Waals surface area contributed by atoms with Crippen LogP contribution in [0.3, 0.4) is 0 Å². The molecule has 11 nitrogen and oxygen atoms in total. The van der Waals surface area contributed by atoms with Gasteiger partial charge in [0, 0.05) is 36.5 Å². The summed E-state index contributed by atoms with van der Waals surface area (Å²) in [4.78, 5) is 55.9. The van der Waals surface area contributed by atoms with Gasteiger partial charge in [0.25, 0.3) is 5.91 Å². The van der Waals surface area contributed by atoms with Crippen LogP contribution < -0.4 is 20.1 Å². The lowest BCUT2D eigenvalue weighted by molar-refractivity contribution is -0.136. The van der Waals surface area contributed by atoms with Gasteiger partial charge in [0.1, 0.15) is 35.6 Å². The number of imide groups is 1. The predicted molar refractivity (Wildman–Crippen MR) is 153 cm³/mol. The Balaban J connectivity index is 1.16. The van der Waals surface area contributed by atoms with Gasteiger partial charge in [0.15, 0.2) is 11.6 Å². The molecule has 0 radical (unpaired) electrons. The summed E-state index contributed by atoms with van der Waals surface area (Å²) < 4.78 is 43.7. The van der Waals surface area contributed by atoms with Crippen molar-refractivity contribution in [3.05, 3.63) is 107 Å². The molecule has 6 rings (SSSR count). The smallest absolute Gasteiger partial charge is 0.411 e. The first-order valence-electron chi connectivity index (χ1n) is 13.8. The van der Waals surface area contributed by atoms with E-state index < -0.39 is 35.6 Å². The van der Waals surface area contributed by atoms with E-state index in [-0.39, 0.29) is 49.0 Å². The molecule has 0 aliphatic carbocycles. The van der Waals surface area contributed by atoms with E-state index in [4.69, 9.17) is 14.2 Å². The zero-order chi connectivity index (χ0) is 31.5. The summed E-state index contributed by atoms with van der Waals surface area (Å²) in [7, 11) is 0. The van der Waals surface area contributed by atoms with Crippen molar-refractivity contribution in [1.82, 2.24) is 15.2 Å². The van der Waals surface area contributed by atoms with Crippen LogP contribution >= 0.6 is 0 Å². The lowest BCUT2D eigenvalue weighted by Crippen LogP contribution is -2.52. The monoisotopic (exact) mass is 614 g/mol. The number of piperidine rings is 1. The molecule has 2 aliphatic rings. The highest BCUT2D eigenvalue weighted by molar-refractivity contribution is 6.06. The molecular weight excluding hydrogens is 590 g/mol. The molecule has 1 saturated heterocycles. The summed E-state index contributed by atoms with van der Waals surface area (Å²) >= 11 is 0. The third-order valence-corrected chi connectivity index (χ3v) is 7.17. The van der Waals surface area contributed by atoms with Crippen molar-refractivity contribution >= 4 is 29.5 Å². The van der Waals surface area contributed by atoms with Gasteiger partial charge in [0.2, 0.25) is 11.8 Å². The van der Waals surface area contributed by atoms with Crippen LogP contribution in [-0.4, -0.2) is 39.7 Å². The fraction of sp³-hybridized carbons (Fsp3) is 0.156. The quantitative estimate of drug-likeness (QED) is 0.250. The topological polar surface area (TPSA) is 136 Å². The fourth-order valence-corrected chi connectivity index (χ4v) is 5.00. The number of aromatic nitrogens is 1. The molecule has 45 heavy (non-hydrogen) atoms. The van der Waals surface area contributed by atoms with Crippen LogP contribution in [0.25, 0.3) is 0 Å². The summed E-state index contributed by atoms with van der Waals surface area (Å²) in [5.74, 6) is -2.47. The van der Waals surface area contributed by atoms with Gasteiger partial charge in [-0.2, -0.15) is 0 Å². The number of hydrogen-bond acceptors (Lipinski definition) is 8. The first-order valence-corrected chi connectivity index (χ1v) is 13.8. The first-order chi connectivity index (χ1) is 21.7. The van der Waals surface area contributed by atoms with Crippen molar-refractivity contribution in [2.45, 2.75) is 32.0 Å². The van der Waals surface area contributed by atoms with Crippen molar-refractivity contribution in [3.8, 4) is 23.0 Å². The number of halogens is 2. The Morgan fingerprint density at radius 3 is 2.49 bits per heavy atom. The Morgan fingerprint density at radius 1 is 0.956 bits per heavy atom. The lowest BCUT2D eigenvalue weighted by Gasteiger charge is -2.29. The number of benzene rings is 3. The normalized spacial score (nSPS) is 15.7. The number of anilines is 1. The second-order valence-electron chi connectivity index (χ2n) is 10.2. The number of carbonyl (C=O) groups excluding carboxylic acids is 4. The van der Waals surface area contributed by atoms with E-state index in [0.717, 1.165) is 12.1 Å². The van der Waals surface area contributed by atoms with Gasteiger partial charge in [-0.25, -0.2) is 13.6 Å². The van der Waals surface area contributed by atoms with Crippen molar-refractivity contribution in [2.24, 2.45) is 0 Å². The lowest BCUT2D eigenvalue weighted by atomic mass is 10.0. The minimum Gasteiger partial charge on any atom is -0.457 e. The zero-order valence-corrected chi connectivity index (χ0v) is 23.4. The SMILES string of the molecule is O=C1CCC(N2Cc3ccc(COC(=O)Nc4ccc(Oc5ccc(F)c(F)c5)cc4)c(Oc4cccnc4)c3C2=O)C(=O)N1. The Labute approximate surface area is 254 Å². The molecule has 228 valence electrons. The Kier molecular flexibility index (Phi) is 8.06. The molecule has 0 bridgehead atoms. The summed E-state index contributed by atoms with van der Waals surface area (Å²) in [5.41, 5.74) is 1.60. The number of pyridine rings is 1. The second-order valence-corrected chi connectivity index (χ2v) is 10.2. The summed E-state index contributed by atoms with van der Waals surface area (Å²) in [6.07, 6.45) is 2.56. The summed E-state index contributed by atoms with van der Waals surface area (Å²) in [5, 5.41) is 4.87. The molecule has 1 fully saturated rings. The van der Waals surface area contributed by atoms with Crippen LogP contribution in [0.4, 0.5) is 19.3 Å². The maximum Gasteiger partial charge on any atom is 0.411 e. The van der Waals surface area contributed by atoms with Crippen LogP contribution in [0.15, 0.2) is 79.1 Å².